The first kappa shape index (κ1) is 697. The fourth-order valence-corrected chi connectivity index (χ4v) is 5.24. The Morgan fingerprint density at radius 3 is 0.529 bits per heavy atom. The van der Waals surface area contributed by atoms with Gasteiger partial charge in [-0.05, 0) is 18.2 Å². The molecule has 0 atom stereocenters. The van der Waals surface area contributed by atoms with Gasteiger partial charge in [0.1, 0.15) is 13.3 Å². The number of allylic oxidation sites excluding steroid dienone is 5. The second kappa shape index (κ2) is 536. The molecule has 1 aliphatic rings. The first-order chi connectivity index (χ1) is 17.1. The van der Waals surface area contributed by atoms with Crippen molar-refractivity contribution in [3.63, 3.8) is 0 Å². The third kappa shape index (κ3) is 438. The zero-order valence-corrected chi connectivity index (χ0v) is 377. The molecule has 0 saturated heterocycles. The molecule has 0 heterocycles. The van der Waals surface area contributed by atoms with Crippen LogP contribution in [0.4, 0.5) is 11.4 Å². The number of rotatable bonds is 5. The number of aryl methyl sites for hydroxylation is 2. The van der Waals surface area contributed by atoms with E-state index in [1.165, 1.54) is 61.2 Å². The minimum atomic E-state index is 0. The Labute approximate surface area is 3460 Å². The molecule has 103 radical (unpaired) electrons. The maximum atomic E-state index is 3.57. The maximum Gasteiger partial charge on any atom is 0.113 e. The Morgan fingerprint density at radius 1 is 0.214 bits per heavy atom. The molecule has 0 aromatic heterocycles. The Morgan fingerprint density at radius 2 is 0.364 bits per heavy atom. The molecule has 0 saturated carbocycles. The van der Waals surface area contributed by atoms with Crippen LogP contribution in [0.3, 0.4) is 0 Å². The molecule has 0 unspecified atom stereocenters. The van der Waals surface area contributed by atoms with Crippen molar-refractivity contribution in [2.75, 3.05) is 19.0 Å². The van der Waals surface area contributed by atoms with Crippen molar-refractivity contribution in [1.29, 1.82) is 0 Å². The van der Waals surface area contributed by atoms with Gasteiger partial charge in [0.05, 0.1) is 0 Å². The first-order valence-electron chi connectivity index (χ1n) is 13.4. The van der Waals surface area contributed by atoms with E-state index in [1.54, 1.807) is 0 Å². The van der Waals surface area contributed by atoms with Gasteiger partial charge in [-0.1, -0.05) is 89.0 Å². The third-order valence-corrected chi connectivity index (χ3v) is 8.53. The van der Waals surface area contributed by atoms with Crippen molar-refractivity contribution in [3.8, 4) is 0 Å². The summed E-state index contributed by atoms with van der Waals surface area (Å²) in [6, 6.07) is 7.14. The molecule has 0 aliphatic heterocycles. The average molecular weight is 9650 g/mol. The van der Waals surface area contributed by atoms with Crippen LogP contribution < -0.4 is 4.90 Å². The van der Waals surface area contributed by atoms with Gasteiger partial charge < -0.3 is 9.48 Å². The topological polar surface area (TPSA) is 6.25 Å². The van der Waals surface area contributed by atoms with Gasteiger partial charge in [0.2, 0.25) is 0 Å². The summed E-state index contributed by atoms with van der Waals surface area (Å²) in [5, 5.41) is 0. The molecule has 0 spiro atoms. The molecule has 0 N–H and O–H groups in total. The van der Waals surface area contributed by atoms with Gasteiger partial charge in [0.25, 0.3) is 0 Å². The van der Waals surface area contributed by atoms with Crippen LogP contribution in [-0.4, -0.2) is 24.9 Å². The van der Waals surface area contributed by atoms with Crippen LogP contribution >= 0.6 is 0 Å². The summed E-state index contributed by atoms with van der Waals surface area (Å²) in [5.74, 6) is 0. The zero-order chi connectivity index (χ0) is 27.8. The number of nitrogens with zero attached hydrogens (tertiary/aromatic N) is 2. The Kier molecular flexibility index (Phi) is 2670. The van der Waals surface area contributed by atoms with Crippen LogP contribution in [0.5, 0.6) is 0 Å². The first-order valence-corrected chi connectivity index (χ1v) is 13.4. The minimum Gasteiger partial charge on any atom is -0.478 e. The summed E-state index contributed by atoms with van der Waals surface area (Å²) in [5.41, 5.74) is 16.6. The molecule has 0 amide bonds. The van der Waals surface area contributed by atoms with E-state index in [0.717, 1.165) is 24.2 Å². The van der Waals surface area contributed by atoms with E-state index < -0.39 is 0 Å². The molecule has 140 heavy (non-hydrogen) atoms. The molecule has 0 fully saturated rings. The summed E-state index contributed by atoms with van der Waals surface area (Å²) in [4.78, 5) is 2.09. The average Bonchev–Trinajstić information content (AvgIpc) is 2.84. The molecule has 105 heteroatoms. The molecule has 3 rings (SSSR count). The fourth-order valence-electron chi connectivity index (χ4n) is 5.24. The number of hydrogen-bond acceptors (Lipinski definition) is 1. The molecule has 0 bridgehead atoms. The zero-order valence-electron chi connectivity index (χ0n) is 84.9. The number of anilines is 1. The summed E-state index contributed by atoms with van der Waals surface area (Å²) < 4.78 is 2.09. The Balaban J connectivity index is -0.00000000149. The number of benzene rings is 2. The molecule has 2 aromatic rings. The van der Waals surface area contributed by atoms with Gasteiger partial charge in [0, 0.05) is 3370 Å². The Bertz CT molecular complexity index is 1460. The van der Waals surface area contributed by atoms with Crippen LogP contribution in [0, 0.1) is 79.1 Å². The second-order valence-corrected chi connectivity index (χ2v) is 11.8. The van der Waals surface area contributed by atoms with Crippen molar-refractivity contribution in [3.05, 3.63) is 91.7 Å². The van der Waals surface area contributed by atoms with E-state index in [4.69, 9.17) is 0 Å². The van der Waals surface area contributed by atoms with Gasteiger partial charge in [-0.2, -0.15) is 67.9 Å². The van der Waals surface area contributed by atoms with Crippen molar-refractivity contribution in [2.45, 2.75) is 89.0 Å². The van der Waals surface area contributed by atoms with E-state index >= 15 is 0 Å². The van der Waals surface area contributed by atoms with E-state index in [-0.39, 0.29) is 3370 Å². The summed E-state index contributed by atoms with van der Waals surface area (Å²) in [7, 11) is 4.15. The normalized spacial score (nSPS) is 4.58. The minimum absolute atomic E-state index is 0. The van der Waals surface area contributed by atoms with Crippen molar-refractivity contribution < 1.29 is 3370 Å². The van der Waals surface area contributed by atoms with Gasteiger partial charge in [-0.3, -0.25) is 0 Å². The molecule has 1 aliphatic carbocycles. The summed E-state index contributed by atoms with van der Waals surface area (Å²) in [6.07, 6.45) is 13.5. The molecule has 2 aromatic carbocycles. The third-order valence-electron chi connectivity index (χ3n) is 8.53. The van der Waals surface area contributed by atoms with E-state index in [1.807, 2.05) is 0 Å². The smallest absolute Gasteiger partial charge is 0.113 e. The second-order valence-electron chi connectivity index (χ2n) is 11.8. The molecular formula is C35H45N2Y103-3. The van der Waals surface area contributed by atoms with Gasteiger partial charge >= 0.3 is 0 Å². The van der Waals surface area contributed by atoms with E-state index in [2.05, 4.69) is 136 Å². The van der Waals surface area contributed by atoms with Crippen LogP contribution in [0.15, 0.2) is 28.9 Å². The predicted molar refractivity (Wildman–Crippen MR) is 159 cm³/mol. The SMILES string of the molecule is CC1=C(C=[C-]N(C)c2[c-]c(C)c(C)c(C)c2C)CC(C)(C)CC1=C[C-]=[N+](C)c1[c-]c(C)c(C)c(C)c1C.[Y].[Y].[Y].[Y].[Y].[Y].[Y].[Y].[Y].[Y].[Y].[Y].[Y].[Y].[Y].[Y].[Y].[Y].[Y].[Y].[Y].[Y].[Y].[Y].[Y].[Y].[Y].[Y].[Y].[Y].[Y].[Y].[Y].[Y].[Y].[Y].[Y].[Y].[Y].[Y].[Y].[Y].[Y].[Y].[Y].[Y].[Y].[Y].[Y].[Y].[Y].[Y].[Y].[Y].[Y].[Y].[Y].[Y].[Y].[Y].[Y].[Y].[Y].[Y].[Y].[Y].[Y].[Y].[Y].[Y].[Y].[Y].[Y].[Y].[Y].[Y].[Y].[Y].[Y].[Y].[Y].[Y].[Y].[Y].[Y].[Y].[Y].[Y].[Y].[Y].[Y].[Y].[Y].[Y].[Y].[Y].[Y].[Y].[Y].[Y].[Y].[Y].[Y]. The predicted octanol–water partition coefficient (Wildman–Crippen LogP) is 8.23. The van der Waals surface area contributed by atoms with Gasteiger partial charge in [-0.25, -0.2) is 6.07 Å². The maximum absolute atomic E-state index is 3.57. The van der Waals surface area contributed by atoms with Crippen molar-refractivity contribution in [1.82, 2.24) is 0 Å². The van der Waals surface area contributed by atoms with Gasteiger partial charge in [-0.15, -0.1) is 23.4 Å². The number of hydrogen-bond donors (Lipinski definition) is 0. The molecular weight excluding hydrogens is 9610 g/mol. The van der Waals surface area contributed by atoms with Crippen LogP contribution in [0.25, 0.3) is 0 Å². The van der Waals surface area contributed by atoms with Crippen LogP contribution in [0.2, 0.25) is 0 Å². The monoisotopic (exact) mass is 9650 g/mol. The summed E-state index contributed by atoms with van der Waals surface area (Å²) >= 11 is 0. The van der Waals surface area contributed by atoms with E-state index in [9.17, 15) is 0 Å². The van der Waals surface area contributed by atoms with Crippen LogP contribution in [-0.2, 0) is 3370 Å². The van der Waals surface area contributed by atoms with Gasteiger partial charge in [0.15, 0.2) is 0 Å². The largest absolute Gasteiger partial charge is 0.478 e. The quantitative estimate of drug-likeness (QED) is 0.127. The van der Waals surface area contributed by atoms with E-state index in [0.29, 0.717) is 0 Å². The fraction of sp³-hybridized carbons (Fsp3) is 0.457. The summed E-state index contributed by atoms with van der Waals surface area (Å²) in [6.45, 7) is 24.3. The standard InChI is InChI=1S/C35H45N2.103Y/c1-22-18-33(28(7)26(5)24(22)3)36(12)16-14-31-20-35(10,11)21-32(30(31)9)15-17-37(13)34-19-23(2)25(4)27(6)29(34)8;;;;;;;;;;;;;;;;;;;;;;;;;;;;;;;;;;;;;;;;;;;;;;;;;;;;;;;;;;;;;;;;;;;;;;;;;;;;;;;;;;;;;;;;;;;;;;;;;;;;;;;/h14-15H,20-21H2,1-13H3;;;;;;;;;;;;;;;;;;;;;;;;;;;;;;;;;;;;;;;;;;;;;;;;;;;;;;;;;;;;;;;;;;;;;;;;;;;;;;;;;;;;;;;;;;;;;;;;;;;;;;;/q-3;;;;;;;;;;;;;;;;;;;;;;;;;;;;;;;;;;;;;;;;;;;;;;;;;;;;;;;;;;;;;;;;;;;;;;;;;;;;;;;;;;;;;;;;;;;;;;;;;;;;;;;. The van der Waals surface area contributed by atoms with Crippen molar-refractivity contribution >= 4 is 17.6 Å². The molecule has 507 valence electrons. The molecule has 2 nitrogen and oxygen atoms in total. The Hall–Kier alpha value is 111. The van der Waals surface area contributed by atoms with Crippen LogP contribution in [0.1, 0.15) is 78.1 Å². The van der Waals surface area contributed by atoms with Crippen molar-refractivity contribution in [2.24, 2.45) is 5.41 Å².